The van der Waals surface area contributed by atoms with Crippen molar-refractivity contribution in [3.05, 3.63) is 182 Å². The fraction of sp³-hybridized carbons (Fsp3) is 0. The first-order valence-electron chi connectivity index (χ1n) is 15.9. The largest absolute Gasteiger partial charge is 0.0622 e. The predicted octanol–water partition coefficient (Wildman–Crippen LogP) is 13.0. The van der Waals surface area contributed by atoms with Crippen molar-refractivity contribution >= 4 is 43.1 Å². The van der Waals surface area contributed by atoms with Crippen LogP contribution >= 0.6 is 0 Å². The third kappa shape index (κ3) is 4.38. The van der Waals surface area contributed by atoms with Crippen molar-refractivity contribution in [2.45, 2.75) is 0 Å². The molecule has 0 heteroatoms. The van der Waals surface area contributed by atoms with Crippen LogP contribution in [0.3, 0.4) is 0 Å². The monoisotopic (exact) mass is 582 g/mol. The molecular weight excluding hydrogens is 553 g/mol. The first-order chi connectivity index (χ1) is 22.8. The van der Waals surface area contributed by atoms with E-state index in [2.05, 4.69) is 182 Å². The van der Waals surface area contributed by atoms with Crippen LogP contribution in [0.4, 0.5) is 0 Å². The van der Waals surface area contributed by atoms with Crippen LogP contribution in [0.1, 0.15) is 0 Å². The highest BCUT2D eigenvalue weighted by Gasteiger charge is 2.18. The first kappa shape index (κ1) is 26.4. The summed E-state index contributed by atoms with van der Waals surface area (Å²) in [6.07, 6.45) is 0. The van der Waals surface area contributed by atoms with E-state index in [0.717, 1.165) is 0 Å². The summed E-state index contributed by atoms with van der Waals surface area (Å²) in [7, 11) is 0. The van der Waals surface area contributed by atoms with Crippen molar-refractivity contribution in [2.24, 2.45) is 0 Å². The van der Waals surface area contributed by atoms with E-state index in [9.17, 15) is 0 Å². The zero-order valence-electron chi connectivity index (χ0n) is 25.3. The predicted molar refractivity (Wildman–Crippen MR) is 198 cm³/mol. The van der Waals surface area contributed by atoms with Gasteiger partial charge in [-0.15, -0.1) is 0 Å². The van der Waals surface area contributed by atoms with Crippen LogP contribution in [0.5, 0.6) is 0 Å². The Bertz CT molecular complexity index is 2550. The second kappa shape index (κ2) is 10.9. The van der Waals surface area contributed by atoms with E-state index in [-0.39, 0.29) is 0 Å². The molecule has 0 atom stereocenters. The lowest BCUT2D eigenvalue weighted by Gasteiger charge is -2.19. The number of benzene rings is 9. The van der Waals surface area contributed by atoms with Gasteiger partial charge in [-0.3, -0.25) is 0 Å². The van der Waals surface area contributed by atoms with Gasteiger partial charge in [0.15, 0.2) is 0 Å². The summed E-state index contributed by atoms with van der Waals surface area (Å²) in [5.41, 5.74) is 9.96. The van der Waals surface area contributed by atoms with Gasteiger partial charge in [0.25, 0.3) is 0 Å². The van der Waals surface area contributed by atoms with E-state index in [1.165, 1.54) is 87.6 Å². The van der Waals surface area contributed by atoms with E-state index in [0.29, 0.717) is 0 Å². The lowest BCUT2D eigenvalue weighted by molar-refractivity contribution is 1.62. The molecule has 9 aromatic rings. The van der Waals surface area contributed by atoms with Crippen molar-refractivity contribution in [1.29, 1.82) is 0 Å². The minimum atomic E-state index is 1.22. The van der Waals surface area contributed by atoms with E-state index < -0.39 is 0 Å². The minimum Gasteiger partial charge on any atom is -0.0622 e. The van der Waals surface area contributed by atoms with E-state index in [1.54, 1.807) is 0 Å². The Morgan fingerprint density at radius 1 is 0.217 bits per heavy atom. The van der Waals surface area contributed by atoms with Crippen LogP contribution in [-0.4, -0.2) is 0 Å². The third-order valence-electron chi connectivity index (χ3n) is 9.44. The van der Waals surface area contributed by atoms with Crippen LogP contribution in [0, 0.1) is 0 Å². The summed E-state index contributed by atoms with van der Waals surface area (Å²) in [6, 6.07) is 66.6. The zero-order chi connectivity index (χ0) is 30.5. The molecule has 0 unspecified atom stereocenters. The molecule has 0 aliphatic rings. The van der Waals surface area contributed by atoms with Crippen molar-refractivity contribution < 1.29 is 0 Å². The number of hydrogen-bond donors (Lipinski definition) is 0. The van der Waals surface area contributed by atoms with E-state index in [1.807, 2.05) is 0 Å². The summed E-state index contributed by atoms with van der Waals surface area (Å²) in [5, 5.41) is 10.1. The van der Waals surface area contributed by atoms with Crippen LogP contribution in [0.2, 0.25) is 0 Å². The molecule has 9 aromatic carbocycles. The average Bonchev–Trinajstić information content (AvgIpc) is 3.13. The normalized spacial score (nSPS) is 11.5. The van der Waals surface area contributed by atoms with Gasteiger partial charge in [-0.1, -0.05) is 170 Å². The van der Waals surface area contributed by atoms with E-state index >= 15 is 0 Å². The van der Waals surface area contributed by atoms with Gasteiger partial charge in [0.1, 0.15) is 0 Å². The van der Waals surface area contributed by atoms with Gasteiger partial charge in [0, 0.05) is 0 Å². The van der Waals surface area contributed by atoms with Gasteiger partial charge in [-0.05, 0) is 99.7 Å². The van der Waals surface area contributed by atoms with Gasteiger partial charge in [-0.25, -0.2) is 0 Å². The smallest absolute Gasteiger partial charge is 0.00261 e. The Morgan fingerprint density at radius 2 is 0.761 bits per heavy atom. The quantitative estimate of drug-likeness (QED) is 0.181. The number of fused-ring (bicyclic) bond motifs is 4. The maximum Gasteiger partial charge on any atom is -0.00261 e. The first-order valence-corrected chi connectivity index (χ1v) is 15.9. The fourth-order valence-corrected chi connectivity index (χ4v) is 7.25. The molecule has 0 aromatic heterocycles. The van der Waals surface area contributed by atoms with Gasteiger partial charge in [-0.2, -0.15) is 0 Å². The second-order valence-electron chi connectivity index (χ2n) is 12.1. The molecule has 0 N–H and O–H groups in total. The van der Waals surface area contributed by atoms with Gasteiger partial charge in [0.05, 0.1) is 0 Å². The van der Waals surface area contributed by atoms with Gasteiger partial charge in [0.2, 0.25) is 0 Å². The molecule has 0 amide bonds. The standard InChI is InChI=1S/C46H30/c1-2-11-31(12-3-1)37-27-28-43-44(30-37)45(35-24-22-34(23-25-35)40-20-10-16-33-14-6-7-17-39(33)40)41-18-8-9-19-42(41)46(43)38-26-21-32-13-4-5-15-36(32)29-38/h1-30H. The van der Waals surface area contributed by atoms with Crippen LogP contribution < -0.4 is 0 Å². The minimum absolute atomic E-state index is 1.22. The Hall–Kier alpha value is -5.98. The topological polar surface area (TPSA) is 0 Å². The maximum atomic E-state index is 2.40. The van der Waals surface area contributed by atoms with Gasteiger partial charge < -0.3 is 0 Å². The zero-order valence-corrected chi connectivity index (χ0v) is 25.3. The molecule has 0 aliphatic heterocycles. The highest BCUT2D eigenvalue weighted by atomic mass is 14.2. The van der Waals surface area contributed by atoms with Crippen molar-refractivity contribution in [3.8, 4) is 44.5 Å². The van der Waals surface area contributed by atoms with E-state index in [4.69, 9.17) is 0 Å². The number of rotatable bonds is 4. The van der Waals surface area contributed by atoms with Crippen LogP contribution in [0.15, 0.2) is 182 Å². The number of hydrogen-bond acceptors (Lipinski definition) is 0. The molecule has 0 nitrogen and oxygen atoms in total. The molecule has 0 saturated carbocycles. The highest BCUT2D eigenvalue weighted by molar-refractivity contribution is 6.22. The molecule has 0 spiro atoms. The maximum absolute atomic E-state index is 2.40. The Morgan fingerprint density at radius 3 is 1.54 bits per heavy atom. The summed E-state index contributed by atoms with van der Waals surface area (Å²) in [6.45, 7) is 0. The molecule has 214 valence electrons. The SMILES string of the molecule is c1ccc(-c2ccc3c(-c4ccc5ccccc5c4)c4ccccc4c(-c4ccc(-c5cccc6ccccc56)cc4)c3c2)cc1. The fourth-order valence-electron chi connectivity index (χ4n) is 7.25. The summed E-state index contributed by atoms with van der Waals surface area (Å²) in [5.74, 6) is 0. The third-order valence-corrected chi connectivity index (χ3v) is 9.44. The van der Waals surface area contributed by atoms with Crippen LogP contribution in [0.25, 0.3) is 87.6 Å². The lowest BCUT2D eigenvalue weighted by atomic mass is 9.84. The molecule has 0 heterocycles. The van der Waals surface area contributed by atoms with Crippen molar-refractivity contribution in [2.75, 3.05) is 0 Å². The average molecular weight is 583 g/mol. The molecule has 0 saturated heterocycles. The van der Waals surface area contributed by atoms with Crippen LogP contribution in [-0.2, 0) is 0 Å². The Kier molecular flexibility index (Phi) is 6.25. The molecule has 46 heavy (non-hydrogen) atoms. The molecule has 0 bridgehead atoms. The van der Waals surface area contributed by atoms with Crippen molar-refractivity contribution in [1.82, 2.24) is 0 Å². The molecule has 0 radical (unpaired) electrons. The summed E-state index contributed by atoms with van der Waals surface area (Å²) < 4.78 is 0. The molecule has 9 rings (SSSR count). The molecule has 0 fully saturated rings. The summed E-state index contributed by atoms with van der Waals surface area (Å²) >= 11 is 0. The lowest BCUT2D eigenvalue weighted by Crippen LogP contribution is -1.92. The second-order valence-corrected chi connectivity index (χ2v) is 12.1. The van der Waals surface area contributed by atoms with Crippen molar-refractivity contribution in [3.63, 3.8) is 0 Å². The molecular formula is C46H30. The Labute approximate surface area is 268 Å². The summed E-state index contributed by atoms with van der Waals surface area (Å²) in [4.78, 5) is 0. The molecule has 0 aliphatic carbocycles. The Balaban J connectivity index is 1.32. The van der Waals surface area contributed by atoms with Gasteiger partial charge >= 0.3 is 0 Å². The highest BCUT2D eigenvalue weighted by Crippen LogP contribution is 2.45.